The van der Waals surface area contributed by atoms with Crippen LogP contribution in [0, 0.1) is 11.3 Å². The maximum atomic E-state index is 12.4. The Morgan fingerprint density at radius 3 is 2.61 bits per heavy atom. The number of hydrogen-bond acceptors (Lipinski definition) is 6. The quantitative estimate of drug-likeness (QED) is 0.775. The second-order valence-corrected chi connectivity index (χ2v) is 6.88. The molecule has 0 bridgehead atoms. The number of pyridine rings is 1. The Morgan fingerprint density at radius 2 is 2.00 bits per heavy atom. The largest absolute Gasteiger partial charge is 0.474 e. The van der Waals surface area contributed by atoms with Crippen LogP contribution in [0.4, 0.5) is 4.79 Å². The van der Waals surface area contributed by atoms with Crippen LogP contribution in [0.1, 0.15) is 38.2 Å². The van der Waals surface area contributed by atoms with Gasteiger partial charge in [0.25, 0.3) is 0 Å². The third-order valence-corrected chi connectivity index (χ3v) is 5.09. The molecule has 1 aromatic rings. The summed E-state index contributed by atoms with van der Waals surface area (Å²) in [7, 11) is 0. The second kappa shape index (κ2) is 8.69. The summed E-state index contributed by atoms with van der Waals surface area (Å²) in [5.74, 6) is -0.921. The minimum Gasteiger partial charge on any atom is -0.474 e. The lowest BCUT2D eigenvalue weighted by molar-refractivity contribution is -0.153. The molecule has 2 aliphatic rings. The van der Waals surface area contributed by atoms with Gasteiger partial charge in [0.1, 0.15) is 12.2 Å². The zero-order valence-corrected chi connectivity index (χ0v) is 15.8. The van der Waals surface area contributed by atoms with Crippen molar-refractivity contribution in [3.8, 4) is 11.9 Å². The van der Waals surface area contributed by atoms with E-state index in [2.05, 4.69) is 10.3 Å². The van der Waals surface area contributed by atoms with Crippen LogP contribution < -0.4 is 10.1 Å². The van der Waals surface area contributed by atoms with Crippen LogP contribution in [-0.2, 0) is 9.59 Å². The monoisotopic (exact) mass is 385 g/mol. The summed E-state index contributed by atoms with van der Waals surface area (Å²) >= 11 is 0. The first-order valence-corrected chi connectivity index (χ1v) is 9.46. The molecule has 2 fully saturated rings. The number of likely N-dealkylation sites (N-methyl/N-ethyl adjacent to an activating group) is 1. The summed E-state index contributed by atoms with van der Waals surface area (Å²) in [6, 6.07) is 4.77. The zero-order valence-electron chi connectivity index (χ0n) is 15.8. The number of imide groups is 1. The Kier molecular flexibility index (Phi) is 6.09. The molecule has 9 heteroatoms. The topological polar surface area (TPSA) is 116 Å². The van der Waals surface area contributed by atoms with Crippen LogP contribution in [-0.4, -0.2) is 64.4 Å². The van der Waals surface area contributed by atoms with Crippen molar-refractivity contribution in [1.29, 1.82) is 5.26 Å². The minimum atomic E-state index is -0.769. The third-order valence-electron chi connectivity index (χ3n) is 5.09. The predicted molar refractivity (Wildman–Crippen MR) is 98.1 cm³/mol. The van der Waals surface area contributed by atoms with Crippen molar-refractivity contribution in [2.45, 2.75) is 44.8 Å². The van der Waals surface area contributed by atoms with E-state index in [9.17, 15) is 14.4 Å². The number of nitrogens with zero attached hydrogens (tertiary/aromatic N) is 4. The molecule has 1 N–H and O–H groups in total. The third kappa shape index (κ3) is 4.39. The summed E-state index contributed by atoms with van der Waals surface area (Å²) in [5.41, 5.74) is 0.478. The van der Waals surface area contributed by atoms with Crippen molar-refractivity contribution in [2.75, 3.05) is 19.6 Å². The normalized spacial score (nSPS) is 22.6. The van der Waals surface area contributed by atoms with Crippen molar-refractivity contribution >= 4 is 17.8 Å². The number of piperazine rings is 1. The summed E-state index contributed by atoms with van der Waals surface area (Å²) in [5, 5.41) is 11.7. The molecular formula is C19H23N5O4. The van der Waals surface area contributed by atoms with Gasteiger partial charge in [-0.2, -0.15) is 5.26 Å². The average Bonchev–Trinajstić information content (AvgIpc) is 2.72. The number of hydrogen-bond donors (Lipinski definition) is 1. The summed E-state index contributed by atoms with van der Waals surface area (Å²) < 4.78 is 5.83. The molecule has 148 valence electrons. The first-order chi connectivity index (χ1) is 13.5. The molecule has 28 heavy (non-hydrogen) atoms. The van der Waals surface area contributed by atoms with Crippen molar-refractivity contribution < 1.29 is 19.1 Å². The first-order valence-electron chi connectivity index (χ1n) is 9.46. The number of amides is 4. The second-order valence-electron chi connectivity index (χ2n) is 6.88. The van der Waals surface area contributed by atoms with Crippen molar-refractivity contribution in [3.05, 3.63) is 23.9 Å². The van der Waals surface area contributed by atoms with Gasteiger partial charge in [-0.1, -0.05) is 0 Å². The highest BCUT2D eigenvalue weighted by Gasteiger charge is 2.36. The van der Waals surface area contributed by atoms with Crippen molar-refractivity contribution in [2.24, 2.45) is 0 Å². The molecule has 0 aromatic carbocycles. The Hall–Kier alpha value is -3.15. The molecule has 1 saturated heterocycles. The summed E-state index contributed by atoms with van der Waals surface area (Å²) in [6.07, 6.45) is 4.36. The molecule has 1 aromatic heterocycles. The van der Waals surface area contributed by atoms with Gasteiger partial charge >= 0.3 is 17.8 Å². The molecule has 0 unspecified atom stereocenters. The van der Waals surface area contributed by atoms with Crippen LogP contribution in [0.3, 0.4) is 0 Å². The van der Waals surface area contributed by atoms with E-state index >= 15 is 0 Å². The fraction of sp³-hybridized carbons (Fsp3) is 0.526. The van der Waals surface area contributed by atoms with E-state index in [1.54, 1.807) is 19.1 Å². The highest BCUT2D eigenvalue weighted by molar-refractivity contribution is 6.38. The molecule has 9 nitrogen and oxygen atoms in total. The molecule has 1 aliphatic carbocycles. The Morgan fingerprint density at radius 1 is 1.25 bits per heavy atom. The molecule has 1 saturated carbocycles. The van der Waals surface area contributed by atoms with Gasteiger partial charge in [-0.25, -0.2) is 9.78 Å². The van der Waals surface area contributed by atoms with Crippen LogP contribution in [0.2, 0.25) is 0 Å². The highest BCUT2D eigenvalue weighted by Crippen LogP contribution is 2.23. The predicted octanol–water partition coefficient (Wildman–Crippen LogP) is 1.04. The SMILES string of the molecule is CCN1CCN(C(=O)NC2CCC(Oc3ccc(C#N)cn3)CC2)C(=O)C1=O. The Labute approximate surface area is 163 Å². The lowest BCUT2D eigenvalue weighted by Gasteiger charge is -2.34. The number of nitriles is 1. The van der Waals surface area contributed by atoms with E-state index in [0.29, 0.717) is 37.4 Å². The highest BCUT2D eigenvalue weighted by atomic mass is 16.5. The first kappa shape index (κ1) is 19.6. The lowest BCUT2D eigenvalue weighted by atomic mass is 9.93. The van der Waals surface area contributed by atoms with Crippen LogP contribution in [0.15, 0.2) is 18.3 Å². The van der Waals surface area contributed by atoms with E-state index in [0.717, 1.165) is 17.7 Å². The van der Waals surface area contributed by atoms with Gasteiger partial charge in [-0.05, 0) is 38.7 Å². The van der Waals surface area contributed by atoms with Gasteiger partial charge in [0.15, 0.2) is 0 Å². The van der Waals surface area contributed by atoms with Gasteiger partial charge in [-0.3, -0.25) is 14.5 Å². The molecular weight excluding hydrogens is 362 g/mol. The van der Waals surface area contributed by atoms with Crippen LogP contribution >= 0.6 is 0 Å². The van der Waals surface area contributed by atoms with E-state index in [4.69, 9.17) is 10.00 Å². The van der Waals surface area contributed by atoms with Gasteiger partial charge in [0.2, 0.25) is 5.88 Å². The zero-order chi connectivity index (χ0) is 20.1. The van der Waals surface area contributed by atoms with Gasteiger partial charge < -0.3 is 15.0 Å². The summed E-state index contributed by atoms with van der Waals surface area (Å²) in [6.45, 7) is 2.84. The number of carbonyl (C=O) groups excluding carboxylic acids is 3. The van der Waals surface area contributed by atoms with Crippen molar-refractivity contribution in [1.82, 2.24) is 20.1 Å². The van der Waals surface area contributed by atoms with Gasteiger partial charge in [-0.15, -0.1) is 0 Å². The number of aromatic nitrogens is 1. The molecule has 2 heterocycles. The van der Waals surface area contributed by atoms with E-state index < -0.39 is 17.8 Å². The Balaban J connectivity index is 1.46. The van der Waals surface area contributed by atoms with Crippen LogP contribution in [0.25, 0.3) is 0 Å². The molecule has 1 aliphatic heterocycles. The van der Waals surface area contributed by atoms with Crippen molar-refractivity contribution in [3.63, 3.8) is 0 Å². The van der Waals surface area contributed by atoms with Gasteiger partial charge in [0.05, 0.1) is 5.56 Å². The molecule has 0 atom stereocenters. The minimum absolute atomic E-state index is 0.00936. The maximum absolute atomic E-state index is 12.4. The molecule has 3 rings (SSSR count). The maximum Gasteiger partial charge on any atom is 0.324 e. The fourth-order valence-corrected chi connectivity index (χ4v) is 3.43. The molecule has 0 radical (unpaired) electrons. The van der Waals surface area contributed by atoms with Crippen LogP contribution in [0.5, 0.6) is 5.88 Å². The average molecular weight is 385 g/mol. The number of carbonyl (C=O) groups is 3. The van der Waals surface area contributed by atoms with E-state index in [1.165, 1.54) is 11.1 Å². The van der Waals surface area contributed by atoms with Gasteiger partial charge in [0, 0.05) is 37.9 Å². The molecule has 4 amide bonds. The smallest absolute Gasteiger partial charge is 0.324 e. The van der Waals surface area contributed by atoms with E-state index in [1.807, 2.05) is 6.07 Å². The fourth-order valence-electron chi connectivity index (χ4n) is 3.43. The Bertz CT molecular complexity index is 781. The number of urea groups is 1. The number of nitrogens with one attached hydrogen (secondary N) is 1. The summed E-state index contributed by atoms with van der Waals surface area (Å²) in [4.78, 5) is 43.0. The lowest BCUT2D eigenvalue weighted by Crippen LogP contribution is -2.59. The number of ether oxygens (including phenoxy) is 1. The van der Waals surface area contributed by atoms with E-state index in [-0.39, 0.29) is 18.7 Å². The molecule has 0 spiro atoms. The number of rotatable bonds is 4. The standard InChI is InChI=1S/C19H23N5O4/c1-2-23-9-10-24(18(26)17(23)25)19(27)22-14-4-6-15(7-5-14)28-16-8-3-13(11-20)12-21-16/h3,8,12,14-15H,2,4-7,9-10H2,1H3,(H,22,27).